The Bertz CT molecular complexity index is 299. The Kier molecular flexibility index (Phi) is 7.27. The van der Waals surface area contributed by atoms with Crippen molar-refractivity contribution in [3.05, 3.63) is 0 Å². The van der Waals surface area contributed by atoms with E-state index in [-0.39, 0.29) is 0 Å². The largest absolute Gasteiger partial charge is 0.481 e. The van der Waals surface area contributed by atoms with E-state index in [0.29, 0.717) is 0 Å². The molecule has 0 heterocycles. The van der Waals surface area contributed by atoms with Gasteiger partial charge in [0.1, 0.15) is 0 Å². The van der Waals surface area contributed by atoms with Crippen molar-refractivity contribution in [1.82, 2.24) is 0 Å². The molecule has 0 bridgehead atoms. The van der Waals surface area contributed by atoms with Crippen molar-refractivity contribution in [2.75, 3.05) is 0 Å². The summed E-state index contributed by atoms with van der Waals surface area (Å²) in [6.45, 7) is 1.08. The summed E-state index contributed by atoms with van der Waals surface area (Å²) in [5, 5.41) is 41.2. The van der Waals surface area contributed by atoms with Gasteiger partial charge in [0.15, 0.2) is 5.60 Å². The Hall–Kier alpha value is -2.16. The van der Waals surface area contributed by atoms with Crippen LogP contribution in [0.4, 0.5) is 0 Å². The van der Waals surface area contributed by atoms with E-state index in [1.165, 1.54) is 0 Å². The van der Waals surface area contributed by atoms with Gasteiger partial charge in [-0.2, -0.15) is 0 Å². The van der Waals surface area contributed by atoms with Gasteiger partial charge in [0.25, 0.3) is 5.97 Å². The minimum Gasteiger partial charge on any atom is -0.481 e. The summed E-state index contributed by atoms with van der Waals surface area (Å²) in [5.74, 6) is -5.85. The third-order valence-electron chi connectivity index (χ3n) is 1.29. The number of carboxylic acid groups (broad SMARTS) is 4. The van der Waals surface area contributed by atoms with E-state index >= 15 is 0 Å². The standard InChI is InChI=1S/C6H8O7.C2H4O2/c7-3(8)1-6(13,5(11)12)2-4(9)10;1-2(3)4/h13H,1-2H2,(H,7,8)(H,9,10)(H,11,12);1H3,(H,3,4). The zero-order valence-electron chi connectivity index (χ0n) is 8.78. The van der Waals surface area contributed by atoms with Gasteiger partial charge in [-0.1, -0.05) is 0 Å². The van der Waals surface area contributed by atoms with Crippen molar-refractivity contribution in [3.8, 4) is 0 Å². The van der Waals surface area contributed by atoms with E-state index in [2.05, 4.69) is 0 Å². The first kappa shape index (κ1) is 17.2. The predicted octanol–water partition coefficient (Wildman–Crippen LogP) is -1.16. The van der Waals surface area contributed by atoms with Crippen molar-refractivity contribution in [2.45, 2.75) is 25.4 Å². The van der Waals surface area contributed by atoms with Gasteiger partial charge in [0, 0.05) is 6.92 Å². The van der Waals surface area contributed by atoms with Crippen molar-refractivity contribution < 1.29 is 44.7 Å². The average Bonchev–Trinajstić information content (AvgIpc) is 1.98. The lowest BCUT2D eigenvalue weighted by molar-refractivity contribution is -0.170. The van der Waals surface area contributed by atoms with E-state index < -0.39 is 42.3 Å². The van der Waals surface area contributed by atoms with Crippen LogP contribution in [-0.4, -0.2) is 55.0 Å². The Morgan fingerprint density at radius 1 is 0.882 bits per heavy atom. The fraction of sp³-hybridized carbons (Fsp3) is 0.500. The highest BCUT2D eigenvalue weighted by atomic mass is 16.4. The molecular formula is C8H12O9. The Labute approximate surface area is 94.9 Å². The monoisotopic (exact) mass is 252 g/mol. The number of aliphatic carboxylic acids is 4. The highest BCUT2D eigenvalue weighted by Crippen LogP contribution is 2.15. The molecule has 0 spiro atoms. The van der Waals surface area contributed by atoms with Crippen LogP contribution in [0, 0.1) is 0 Å². The van der Waals surface area contributed by atoms with Gasteiger partial charge in [-0.3, -0.25) is 14.4 Å². The molecule has 0 aromatic heterocycles. The van der Waals surface area contributed by atoms with Crippen molar-refractivity contribution in [2.24, 2.45) is 0 Å². The fourth-order valence-electron chi connectivity index (χ4n) is 0.714. The topological polar surface area (TPSA) is 169 Å². The van der Waals surface area contributed by atoms with Gasteiger partial charge in [-0.15, -0.1) is 0 Å². The second-order valence-electron chi connectivity index (χ2n) is 3.00. The lowest BCUT2D eigenvalue weighted by Gasteiger charge is -2.18. The quantitative estimate of drug-likeness (QED) is 0.405. The summed E-state index contributed by atoms with van der Waals surface area (Å²) in [6.07, 6.45) is -2.29. The number of carbonyl (C=O) groups is 4. The molecule has 0 aliphatic carbocycles. The van der Waals surface area contributed by atoms with Crippen LogP contribution in [0.1, 0.15) is 19.8 Å². The molecule has 0 radical (unpaired) electrons. The smallest absolute Gasteiger partial charge is 0.336 e. The molecule has 17 heavy (non-hydrogen) atoms. The van der Waals surface area contributed by atoms with Crippen LogP contribution < -0.4 is 0 Å². The van der Waals surface area contributed by atoms with Crippen LogP contribution in [-0.2, 0) is 19.2 Å². The Morgan fingerprint density at radius 3 is 1.24 bits per heavy atom. The SMILES string of the molecule is CC(=O)O.O=C(O)CC(O)(CC(=O)O)C(=O)O. The van der Waals surface area contributed by atoms with E-state index in [0.717, 1.165) is 6.92 Å². The summed E-state index contributed by atoms with van der Waals surface area (Å²) in [6, 6.07) is 0. The van der Waals surface area contributed by atoms with Gasteiger partial charge in [0.05, 0.1) is 12.8 Å². The predicted molar refractivity (Wildman–Crippen MR) is 50.4 cm³/mol. The minimum atomic E-state index is -2.74. The van der Waals surface area contributed by atoms with E-state index in [4.69, 9.17) is 30.3 Å². The number of carboxylic acids is 4. The van der Waals surface area contributed by atoms with Gasteiger partial charge in [0.2, 0.25) is 0 Å². The van der Waals surface area contributed by atoms with Crippen LogP contribution in [0.25, 0.3) is 0 Å². The molecule has 9 heteroatoms. The minimum absolute atomic E-state index is 0.833. The van der Waals surface area contributed by atoms with Crippen LogP contribution in [0.2, 0.25) is 0 Å². The van der Waals surface area contributed by atoms with Crippen molar-refractivity contribution >= 4 is 23.9 Å². The van der Waals surface area contributed by atoms with Crippen LogP contribution >= 0.6 is 0 Å². The zero-order valence-corrected chi connectivity index (χ0v) is 8.78. The maximum Gasteiger partial charge on any atom is 0.336 e. The molecule has 0 rings (SSSR count). The number of hydrogen-bond acceptors (Lipinski definition) is 5. The molecule has 0 atom stereocenters. The molecule has 0 aliphatic heterocycles. The molecule has 5 N–H and O–H groups in total. The fourth-order valence-corrected chi connectivity index (χ4v) is 0.714. The average molecular weight is 252 g/mol. The first-order valence-corrected chi connectivity index (χ1v) is 4.10. The molecule has 0 aromatic rings. The third-order valence-corrected chi connectivity index (χ3v) is 1.29. The van der Waals surface area contributed by atoms with Gasteiger partial charge < -0.3 is 25.5 Å². The normalized spacial score (nSPS) is 9.76. The van der Waals surface area contributed by atoms with Crippen molar-refractivity contribution in [1.29, 1.82) is 0 Å². The number of rotatable bonds is 5. The second-order valence-corrected chi connectivity index (χ2v) is 3.00. The summed E-state index contributed by atoms with van der Waals surface area (Å²) < 4.78 is 0. The summed E-state index contributed by atoms with van der Waals surface area (Å²) in [4.78, 5) is 39.5. The number of hydrogen-bond donors (Lipinski definition) is 5. The molecule has 0 unspecified atom stereocenters. The summed E-state index contributed by atoms with van der Waals surface area (Å²) in [5.41, 5.74) is -2.74. The summed E-state index contributed by atoms with van der Waals surface area (Å²) in [7, 11) is 0. The summed E-state index contributed by atoms with van der Waals surface area (Å²) >= 11 is 0. The molecule has 0 saturated carbocycles. The molecule has 0 saturated heterocycles. The molecule has 0 fully saturated rings. The molecule has 0 aliphatic rings. The Balaban J connectivity index is 0. The van der Waals surface area contributed by atoms with E-state index in [9.17, 15) is 14.4 Å². The lowest BCUT2D eigenvalue weighted by Crippen LogP contribution is -2.42. The lowest BCUT2D eigenvalue weighted by atomic mass is 9.96. The first-order chi connectivity index (χ1) is 7.51. The maximum atomic E-state index is 10.3. The highest BCUT2D eigenvalue weighted by molar-refractivity contribution is 5.88. The molecular weight excluding hydrogens is 240 g/mol. The van der Waals surface area contributed by atoms with E-state index in [1.807, 2.05) is 0 Å². The van der Waals surface area contributed by atoms with E-state index in [1.54, 1.807) is 0 Å². The molecule has 0 amide bonds. The molecule has 9 nitrogen and oxygen atoms in total. The third kappa shape index (κ3) is 10.1. The second kappa shape index (κ2) is 7.17. The van der Waals surface area contributed by atoms with Crippen molar-refractivity contribution in [3.63, 3.8) is 0 Å². The van der Waals surface area contributed by atoms with Gasteiger partial charge >= 0.3 is 17.9 Å². The van der Waals surface area contributed by atoms with Crippen LogP contribution in [0.15, 0.2) is 0 Å². The van der Waals surface area contributed by atoms with Crippen LogP contribution in [0.3, 0.4) is 0 Å². The molecule has 0 aromatic carbocycles. The first-order valence-electron chi connectivity index (χ1n) is 4.10. The number of aliphatic hydroxyl groups is 1. The Morgan fingerprint density at radius 2 is 1.12 bits per heavy atom. The highest BCUT2D eigenvalue weighted by Gasteiger charge is 2.40. The molecule has 98 valence electrons. The van der Waals surface area contributed by atoms with Gasteiger partial charge in [-0.25, -0.2) is 4.79 Å². The zero-order chi connectivity index (χ0) is 14.2. The van der Waals surface area contributed by atoms with Crippen LogP contribution in [0.5, 0.6) is 0 Å². The van der Waals surface area contributed by atoms with Gasteiger partial charge in [-0.05, 0) is 0 Å². The maximum absolute atomic E-state index is 10.3.